The van der Waals surface area contributed by atoms with Crippen molar-refractivity contribution in [2.24, 2.45) is 0 Å². The largest absolute Gasteiger partial charge is 0.309 e. The summed E-state index contributed by atoms with van der Waals surface area (Å²) in [5, 5.41) is 7.01. The molecule has 70 heavy (non-hydrogen) atoms. The van der Waals surface area contributed by atoms with Gasteiger partial charge in [-0.1, -0.05) is 169 Å². The summed E-state index contributed by atoms with van der Waals surface area (Å²) in [6.45, 7) is 2.16. The molecule has 0 saturated carbocycles. The van der Waals surface area contributed by atoms with Crippen LogP contribution in [0.1, 0.15) is 5.56 Å². The standard InChI is InChI=1S/C64H42N6/c1-41-32-36-59-52(38-41)48-24-10-15-29-56(48)69(59)58-31-17-12-26-51(58)63-65-62(50-25-11-16-30-57(50)68-54-27-13-8-22-46(54)47-23-9-14-28-55(47)68)66-64(67-63)70-60-37-34-44(42-18-4-2-5-19-42)39-53(60)49-35-33-45(40-61(49)70)43-20-6-3-7-21-43/h2-40H,1H3. The summed E-state index contributed by atoms with van der Waals surface area (Å²) >= 11 is 0. The van der Waals surface area contributed by atoms with Gasteiger partial charge in [-0.05, 0) is 102 Å². The van der Waals surface area contributed by atoms with Gasteiger partial charge in [-0.25, -0.2) is 4.98 Å². The number of nitrogens with zero attached hydrogens (tertiary/aromatic N) is 6. The number of aromatic nitrogens is 6. The quantitative estimate of drug-likeness (QED) is 0.160. The van der Waals surface area contributed by atoms with Gasteiger partial charge in [0.25, 0.3) is 0 Å². The van der Waals surface area contributed by atoms with Crippen LogP contribution < -0.4 is 0 Å². The van der Waals surface area contributed by atoms with E-state index in [2.05, 4.69) is 257 Å². The molecule has 0 aliphatic heterocycles. The van der Waals surface area contributed by atoms with Crippen LogP contribution in [0.4, 0.5) is 0 Å². The molecule has 0 atom stereocenters. The van der Waals surface area contributed by atoms with Gasteiger partial charge in [0.05, 0.1) is 44.5 Å². The molecular weight excluding hydrogens is 853 g/mol. The van der Waals surface area contributed by atoms with Gasteiger partial charge in [-0.2, -0.15) is 9.97 Å². The smallest absolute Gasteiger partial charge is 0.238 e. The van der Waals surface area contributed by atoms with Gasteiger partial charge >= 0.3 is 0 Å². The van der Waals surface area contributed by atoms with Crippen LogP contribution in [-0.4, -0.2) is 28.7 Å². The first-order valence-electron chi connectivity index (χ1n) is 23.8. The number of aryl methyl sites for hydroxylation is 1. The zero-order valence-electron chi connectivity index (χ0n) is 38.2. The van der Waals surface area contributed by atoms with Crippen LogP contribution >= 0.6 is 0 Å². The maximum atomic E-state index is 5.61. The Morgan fingerprint density at radius 3 is 1.27 bits per heavy atom. The molecular formula is C64H42N6. The van der Waals surface area contributed by atoms with E-state index in [4.69, 9.17) is 15.0 Å². The number of rotatable bonds is 7. The average Bonchev–Trinajstić information content (AvgIpc) is 4.06. The highest BCUT2D eigenvalue weighted by atomic mass is 15.2. The second-order valence-electron chi connectivity index (χ2n) is 18.1. The van der Waals surface area contributed by atoms with E-state index in [1.165, 1.54) is 27.1 Å². The monoisotopic (exact) mass is 894 g/mol. The molecule has 6 nitrogen and oxygen atoms in total. The summed E-state index contributed by atoms with van der Waals surface area (Å²) in [6.07, 6.45) is 0. The molecule has 10 aromatic carbocycles. The molecule has 14 rings (SSSR count). The minimum atomic E-state index is 0.530. The van der Waals surface area contributed by atoms with Crippen molar-refractivity contribution in [2.45, 2.75) is 6.92 Å². The fourth-order valence-electron chi connectivity index (χ4n) is 10.8. The Labute approximate surface area is 403 Å². The van der Waals surface area contributed by atoms with Crippen molar-refractivity contribution in [3.63, 3.8) is 0 Å². The highest BCUT2D eigenvalue weighted by molar-refractivity contribution is 6.13. The first kappa shape index (κ1) is 39.7. The molecule has 0 amide bonds. The number of hydrogen-bond acceptors (Lipinski definition) is 3. The lowest BCUT2D eigenvalue weighted by Crippen LogP contribution is -2.09. The van der Waals surface area contributed by atoms with E-state index in [1.54, 1.807) is 0 Å². The van der Waals surface area contributed by atoms with Gasteiger partial charge in [0.15, 0.2) is 11.6 Å². The lowest BCUT2D eigenvalue weighted by molar-refractivity contribution is 0.950. The van der Waals surface area contributed by atoms with E-state index >= 15 is 0 Å². The first-order chi connectivity index (χ1) is 34.6. The van der Waals surface area contributed by atoms with Crippen LogP contribution in [0, 0.1) is 6.92 Å². The van der Waals surface area contributed by atoms with E-state index in [0.717, 1.165) is 88.6 Å². The molecule has 6 heteroatoms. The second-order valence-corrected chi connectivity index (χ2v) is 18.1. The maximum absolute atomic E-state index is 5.61. The second kappa shape index (κ2) is 15.9. The molecule has 0 saturated heterocycles. The lowest BCUT2D eigenvalue weighted by Gasteiger charge is -2.17. The molecule has 0 radical (unpaired) electrons. The van der Waals surface area contributed by atoms with E-state index < -0.39 is 0 Å². The SMILES string of the molecule is Cc1ccc2c(c1)c1ccccc1n2-c1ccccc1-c1nc(-c2ccccc2-n2c3ccccc3c3ccccc32)nc(-n2c3ccc(-c4ccccc4)cc3c3ccc(-c4ccccc4)cc32)n1. The number of fused-ring (bicyclic) bond motifs is 9. The topological polar surface area (TPSA) is 53.5 Å². The molecule has 4 heterocycles. The predicted molar refractivity (Wildman–Crippen MR) is 289 cm³/mol. The van der Waals surface area contributed by atoms with Crippen molar-refractivity contribution in [1.82, 2.24) is 28.7 Å². The minimum Gasteiger partial charge on any atom is -0.309 e. The van der Waals surface area contributed by atoms with Crippen molar-refractivity contribution in [1.29, 1.82) is 0 Å². The summed E-state index contributed by atoms with van der Waals surface area (Å²) in [5.74, 6) is 1.67. The Morgan fingerprint density at radius 1 is 0.271 bits per heavy atom. The summed E-state index contributed by atoms with van der Waals surface area (Å²) in [6, 6.07) is 84.4. The Morgan fingerprint density at radius 2 is 0.686 bits per heavy atom. The van der Waals surface area contributed by atoms with Crippen molar-refractivity contribution in [2.75, 3.05) is 0 Å². The van der Waals surface area contributed by atoms with Crippen LogP contribution in [0.3, 0.4) is 0 Å². The van der Waals surface area contributed by atoms with Crippen molar-refractivity contribution in [3.05, 3.63) is 242 Å². The van der Waals surface area contributed by atoms with Crippen molar-refractivity contribution < 1.29 is 0 Å². The van der Waals surface area contributed by atoms with Gasteiger partial charge in [-0.15, -0.1) is 0 Å². The lowest BCUT2D eigenvalue weighted by atomic mass is 10.0. The van der Waals surface area contributed by atoms with Crippen LogP contribution in [0.5, 0.6) is 0 Å². The zero-order chi connectivity index (χ0) is 46.3. The maximum Gasteiger partial charge on any atom is 0.238 e. The third-order valence-electron chi connectivity index (χ3n) is 14.0. The summed E-state index contributed by atoms with van der Waals surface area (Å²) in [7, 11) is 0. The van der Waals surface area contributed by atoms with Gasteiger partial charge in [0, 0.05) is 43.4 Å². The Balaban J connectivity index is 1.08. The normalized spacial score (nSPS) is 11.8. The molecule has 0 spiro atoms. The van der Waals surface area contributed by atoms with Crippen LogP contribution in [-0.2, 0) is 0 Å². The predicted octanol–water partition coefficient (Wildman–Crippen LogP) is 16.1. The highest BCUT2D eigenvalue weighted by Crippen LogP contribution is 2.41. The van der Waals surface area contributed by atoms with Crippen molar-refractivity contribution in [3.8, 4) is 62.4 Å². The van der Waals surface area contributed by atoms with Crippen LogP contribution in [0.2, 0.25) is 0 Å². The average molecular weight is 895 g/mol. The van der Waals surface area contributed by atoms with Gasteiger partial charge < -0.3 is 9.13 Å². The van der Waals surface area contributed by atoms with Crippen LogP contribution in [0.15, 0.2) is 237 Å². The van der Waals surface area contributed by atoms with Crippen molar-refractivity contribution >= 4 is 65.4 Å². The van der Waals surface area contributed by atoms with E-state index in [-0.39, 0.29) is 0 Å². The molecule has 0 N–H and O–H groups in total. The van der Waals surface area contributed by atoms with E-state index in [1.807, 2.05) is 0 Å². The molecule has 0 unspecified atom stereocenters. The minimum absolute atomic E-state index is 0.530. The van der Waals surface area contributed by atoms with Gasteiger partial charge in [0.1, 0.15) is 0 Å². The molecule has 328 valence electrons. The molecule has 4 aromatic heterocycles. The van der Waals surface area contributed by atoms with E-state index in [9.17, 15) is 0 Å². The third-order valence-corrected chi connectivity index (χ3v) is 14.0. The van der Waals surface area contributed by atoms with Gasteiger partial charge in [-0.3, -0.25) is 4.57 Å². The number of para-hydroxylation sites is 5. The summed E-state index contributed by atoms with van der Waals surface area (Å²) < 4.78 is 6.97. The Bertz CT molecular complexity index is 4310. The zero-order valence-corrected chi connectivity index (χ0v) is 38.2. The molecule has 0 bridgehead atoms. The van der Waals surface area contributed by atoms with Gasteiger partial charge in [0.2, 0.25) is 5.95 Å². The fourth-order valence-corrected chi connectivity index (χ4v) is 10.8. The molecule has 0 aliphatic rings. The summed E-state index contributed by atoms with van der Waals surface area (Å²) in [5.41, 5.74) is 16.0. The van der Waals surface area contributed by atoms with Crippen LogP contribution in [0.25, 0.3) is 128 Å². The molecule has 14 aromatic rings. The fraction of sp³-hybridized carbons (Fsp3) is 0.0156. The van der Waals surface area contributed by atoms with E-state index in [0.29, 0.717) is 17.6 Å². The Kier molecular flexibility index (Phi) is 9.01. The Hall–Kier alpha value is -9.39. The molecule has 0 aliphatic carbocycles. The number of hydrogen-bond donors (Lipinski definition) is 0. The third kappa shape index (κ3) is 6.24. The first-order valence-corrected chi connectivity index (χ1v) is 23.8. The number of benzene rings is 10. The summed E-state index contributed by atoms with van der Waals surface area (Å²) in [4.78, 5) is 16.8. The highest BCUT2D eigenvalue weighted by Gasteiger charge is 2.24. The molecule has 0 fully saturated rings.